The van der Waals surface area contributed by atoms with E-state index in [2.05, 4.69) is 4.74 Å². The third-order valence-electron chi connectivity index (χ3n) is 1.29. The van der Waals surface area contributed by atoms with Gasteiger partial charge in [-0.15, -0.1) is 0 Å². The molecular weight excluding hydrogens is 204 g/mol. The van der Waals surface area contributed by atoms with Crippen molar-refractivity contribution in [2.24, 2.45) is 0 Å². The first-order valence-corrected chi connectivity index (χ1v) is 3.45. The van der Waals surface area contributed by atoms with Gasteiger partial charge in [-0.2, -0.15) is 8.78 Å². The molecule has 0 aliphatic rings. The van der Waals surface area contributed by atoms with E-state index >= 15 is 0 Å². The second-order valence-corrected chi connectivity index (χ2v) is 2.30. The van der Waals surface area contributed by atoms with Crippen molar-refractivity contribution in [1.29, 1.82) is 0 Å². The molecular formula is C8H4F4O2. The van der Waals surface area contributed by atoms with Gasteiger partial charge in [-0.25, -0.2) is 13.6 Å². The first-order chi connectivity index (χ1) is 6.50. The van der Waals surface area contributed by atoms with Crippen LogP contribution in [0, 0.1) is 11.6 Å². The number of halogens is 4. The predicted octanol–water partition coefficient (Wildman–Crippen LogP) is 2.14. The Hall–Kier alpha value is -1.59. The second kappa shape index (κ2) is 4.08. The molecule has 76 valence electrons. The highest BCUT2D eigenvalue weighted by atomic mass is 19.3. The molecule has 0 spiro atoms. The number of carbonyl (C=O) groups excluding carboxylic acids is 1. The van der Waals surface area contributed by atoms with E-state index < -0.39 is 29.8 Å². The molecule has 1 aromatic carbocycles. The SMILES string of the molecule is O=C(Oc1ccc(F)c(F)c1)C(F)F. The molecule has 0 amide bonds. The van der Waals surface area contributed by atoms with Crippen molar-refractivity contribution < 1.29 is 27.1 Å². The lowest BCUT2D eigenvalue weighted by Gasteiger charge is -2.02. The zero-order valence-electron chi connectivity index (χ0n) is 6.64. The zero-order valence-corrected chi connectivity index (χ0v) is 6.64. The maximum atomic E-state index is 12.5. The largest absolute Gasteiger partial charge is 0.422 e. The van der Waals surface area contributed by atoms with Crippen LogP contribution < -0.4 is 4.74 Å². The fourth-order valence-electron chi connectivity index (χ4n) is 0.701. The van der Waals surface area contributed by atoms with Crippen molar-refractivity contribution in [3.05, 3.63) is 29.8 Å². The smallest absolute Gasteiger partial charge is 0.379 e. The maximum Gasteiger partial charge on any atom is 0.379 e. The van der Waals surface area contributed by atoms with Crippen molar-refractivity contribution in [3.8, 4) is 5.75 Å². The average molecular weight is 208 g/mol. The van der Waals surface area contributed by atoms with Crippen LogP contribution in [0.15, 0.2) is 18.2 Å². The molecule has 2 nitrogen and oxygen atoms in total. The Labute approximate surface area is 76.1 Å². The number of carbonyl (C=O) groups is 1. The Morgan fingerprint density at radius 1 is 1.21 bits per heavy atom. The van der Waals surface area contributed by atoms with Crippen LogP contribution in [0.3, 0.4) is 0 Å². The van der Waals surface area contributed by atoms with Crippen molar-refractivity contribution in [2.75, 3.05) is 0 Å². The summed E-state index contributed by atoms with van der Waals surface area (Å²) in [4.78, 5) is 10.3. The van der Waals surface area contributed by atoms with Gasteiger partial charge < -0.3 is 4.74 Å². The summed E-state index contributed by atoms with van der Waals surface area (Å²) in [6.45, 7) is 0. The lowest BCUT2D eigenvalue weighted by Crippen LogP contribution is -2.17. The van der Waals surface area contributed by atoms with E-state index in [0.29, 0.717) is 12.1 Å². The van der Waals surface area contributed by atoms with E-state index in [1.54, 1.807) is 0 Å². The Morgan fingerprint density at radius 3 is 2.36 bits per heavy atom. The second-order valence-electron chi connectivity index (χ2n) is 2.30. The summed E-state index contributed by atoms with van der Waals surface area (Å²) in [5.41, 5.74) is 0. The Kier molecular flexibility index (Phi) is 3.06. The van der Waals surface area contributed by atoms with Crippen LogP contribution in [0.2, 0.25) is 0 Å². The van der Waals surface area contributed by atoms with Gasteiger partial charge in [0, 0.05) is 6.07 Å². The highest BCUT2D eigenvalue weighted by molar-refractivity contribution is 5.75. The molecule has 14 heavy (non-hydrogen) atoms. The molecule has 0 saturated heterocycles. The van der Waals surface area contributed by atoms with Crippen LogP contribution in [0.5, 0.6) is 5.75 Å². The lowest BCUT2D eigenvalue weighted by atomic mass is 10.3. The van der Waals surface area contributed by atoms with E-state index in [9.17, 15) is 22.4 Å². The molecule has 1 aromatic rings. The molecule has 0 aliphatic heterocycles. The third kappa shape index (κ3) is 2.45. The van der Waals surface area contributed by atoms with Gasteiger partial charge in [0.1, 0.15) is 5.75 Å². The fraction of sp³-hybridized carbons (Fsp3) is 0.125. The quantitative estimate of drug-likeness (QED) is 0.422. The summed E-state index contributed by atoms with van der Waals surface area (Å²) in [6.07, 6.45) is -3.30. The standard InChI is InChI=1S/C8H4F4O2/c9-5-2-1-4(3-6(5)10)14-8(13)7(11)12/h1-3,7H. The number of ether oxygens (including phenoxy) is 1. The molecule has 0 bridgehead atoms. The van der Waals surface area contributed by atoms with Gasteiger partial charge >= 0.3 is 12.4 Å². The fourth-order valence-corrected chi connectivity index (χ4v) is 0.701. The van der Waals surface area contributed by atoms with Crippen LogP contribution in [0.1, 0.15) is 0 Å². The van der Waals surface area contributed by atoms with Crippen LogP contribution in [0.4, 0.5) is 17.6 Å². The van der Waals surface area contributed by atoms with E-state index in [1.165, 1.54) is 0 Å². The Morgan fingerprint density at radius 2 is 1.86 bits per heavy atom. The van der Waals surface area contributed by atoms with E-state index in [0.717, 1.165) is 6.07 Å². The summed E-state index contributed by atoms with van der Waals surface area (Å²) in [7, 11) is 0. The minimum Gasteiger partial charge on any atom is -0.422 e. The van der Waals surface area contributed by atoms with Crippen LogP contribution in [-0.2, 0) is 4.79 Å². The first kappa shape index (κ1) is 10.5. The molecule has 0 saturated carbocycles. The number of hydrogen-bond acceptors (Lipinski definition) is 2. The number of benzene rings is 1. The molecule has 0 fully saturated rings. The number of alkyl halides is 2. The zero-order chi connectivity index (χ0) is 10.7. The third-order valence-corrected chi connectivity index (χ3v) is 1.29. The van der Waals surface area contributed by atoms with Gasteiger partial charge in [0.15, 0.2) is 11.6 Å². The minimum absolute atomic E-state index is 0.464. The molecule has 0 aromatic heterocycles. The topological polar surface area (TPSA) is 26.3 Å². The molecule has 0 unspecified atom stereocenters. The van der Waals surface area contributed by atoms with Gasteiger partial charge in [0.25, 0.3) is 0 Å². The number of hydrogen-bond donors (Lipinski definition) is 0. The van der Waals surface area contributed by atoms with Crippen molar-refractivity contribution in [1.82, 2.24) is 0 Å². The molecule has 0 radical (unpaired) electrons. The highest BCUT2D eigenvalue weighted by Gasteiger charge is 2.18. The summed E-state index contributed by atoms with van der Waals surface area (Å²) in [5, 5.41) is 0. The van der Waals surface area contributed by atoms with E-state index in [-0.39, 0.29) is 0 Å². The summed E-state index contributed by atoms with van der Waals surface area (Å²) in [5.74, 6) is -4.70. The molecule has 0 aliphatic carbocycles. The number of esters is 1. The van der Waals surface area contributed by atoms with Crippen LogP contribution in [-0.4, -0.2) is 12.4 Å². The van der Waals surface area contributed by atoms with Crippen molar-refractivity contribution in [3.63, 3.8) is 0 Å². The van der Waals surface area contributed by atoms with Crippen molar-refractivity contribution in [2.45, 2.75) is 6.43 Å². The average Bonchev–Trinajstić information content (AvgIpc) is 2.11. The van der Waals surface area contributed by atoms with Gasteiger partial charge in [0.05, 0.1) is 0 Å². The minimum atomic E-state index is -3.30. The number of rotatable bonds is 2. The Bertz CT molecular complexity index is 351. The van der Waals surface area contributed by atoms with Gasteiger partial charge in [0.2, 0.25) is 0 Å². The van der Waals surface area contributed by atoms with Crippen molar-refractivity contribution >= 4 is 5.97 Å². The monoisotopic (exact) mass is 208 g/mol. The molecule has 1 rings (SSSR count). The molecule has 6 heteroatoms. The maximum absolute atomic E-state index is 12.5. The van der Waals surface area contributed by atoms with Gasteiger partial charge in [-0.05, 0) is 12.1 Å². The van der Waals surface area contributed by atoms with E-state index in [1.807, 2.05) is 0 Å². The van der Waals surface area contributed by atoms with E-state index in [4.69, 9.17) is 0 Å². The van der Waals surface area contributed by atoms with Crippen LogP contribution >= 0.6 is 0 Å². The summed E-state index contributed by atoms with van der Waals surface area (Å²) < 4.78 is 52.1. The van der Waals surface area contributed by atoms with Gasteiger partial charge in [-0.3, -0.25) is 0 Å². The molecule has 0 N–H and O–H groups in total. The Balaban J connectivity index is 2.78. The van der Waals surface area contributed by atoms with Gasteiger partial charge in [-0.1, -0.05) is 0 Å². The molecule has 0 heterocycles. The summed E-state index contributed by atoms with van der Waals surface area (Å²) >= 11 is 0. The van der Waals surface area contributed by atoms with Crippen LogP contribution in [0.25, 0.3) is 0 Å². The normalized spacial score (nSPS) is 10.4. The lowest BCUT2D eigenvalue weighted by molar-refractivity contribution is -0.146. The highest BCUT2D eigenvalue weighted by Crippen LogP contribution is 2.16. The predicted molar refractivity (Wildman–Crippen MR) is 38.0 cm³/mol. The molecule has 0 atom stereocenters. The summed E-state index contributed by atoms with van der Waals surface area (Å²) in [6, 6.07) is 2.05. The first-order valence-electron chi connectivity index (χ1n) is 3.45.